The molecule has 2 aromatic rings. The first-order valence-electron chi connectivity index (χ1n) is 6.59. The zero-order valence-corrected chi connectivity index (χ0v) is 11.2. The maximum Gasteiger partial charge on any atom is 0.271 e. The first kappa shape index (κ1) is 13.2. The van der Waals surface area contributed by atoms with Gasteiger partial charge in [0.05, 0.1) is 4.92 Å². The fourth-order valence-electron chi connectivity index (χ4n) is 2.13. The topological polar surface area (TPSA) is 73.6 Å². The number of nitrogens with zero attached hydrogens (tertiary/aromatic N) is 1. The number of rotatable bonds is 4. The number of nitro groups is 1. The number of benzene rings is 2. The second kappa shape index (κ2) is 5.70. The van der Waals surface area contributed by atoms with Crippen LogP contribution in [0.1, 0.15) is 5.56 Å². The Bertz CT molecular complexity index is 672. The van der Waals surface area contributed by atoms with E-state index in [-0.39, 0.29) is 5.69 Å². The van der Waals surface area contributed by atoms with Crippen LogP contribution in [0, 0.1) is 10.1 Å². The molecule has 1 heterocycles. The van der Waals surface area contributed by atoms with Gasteiger partial charge < -0.3 is 14.8 Å². The summed E-state index contributed by atoms with van der Waals surface area (Å²) in [5.74, 6) is 1.49. The highest BCUT2D eigenvalue weighted by molar-refractivity contribution is 5.52. The molecule has 0 atom stereocenters. The number of nitro benzene ring substituents is 1. The first-order chi connectivity index (χ1) is 10.2. The number of anilines is 1. The van der Waals surface area contributed by atoms with E-state index >= 15 is 0 Å². The summed E-state index contributed by atoms with van der Waals surface area (Å²) >= 11 is 0. The SMILES string of the molecule is O=[N+]([O-])c1cccc(NCc2ccc3c(c2)OCCO3)c1. The van der Waals surface area contributed by atoms with E-state index in [0.29, 0.717) is 25.4 Å². The lowest BCUT2D eigenvalue weighted by atomic mass is 10.2. The number of hydrogen-bond acceptors (Lipinski definition) is 5. The van der Waals surface area contributed by atoms with E-state index in [2.05, 4.69) is 5.32 Å². The summed E-state index contributed by atoms with van der Waals surface area (Å²) < 4.78 is 11.0. The van der Waals surface area contributed by atoms with Crippen molar-refractivity contribution in [3.05, 3.63) is 58.1 Å². The van der Waals surface area contributed by atoms with Crippen LogP contribution in [0.2, 0.25) is 0 Å². The maximum absolute atomic E-state index is 10.7. The van der Waals surface area contributed by atoms with Crippen molar-refractivity contribution in [2.45, 2.75) is 6.54 Å². The molecule has 108 valence electrons. The van der Waals surface area contributed by atoms with Crippen LogP contribution in [0.25, 0.3) is 0 Å². The fraction of sp³-hybridized carbons (Fsp3) is 0.200. The summed E-state index contributed by atoms with van der Waals surface area (Å²) in [6, 6.07) is 12.2. The van der Waals surface area contributed by atoms with Crippen molar-refractivity contribution in [3.63, 3.8) is 0 Å². The van der Waals surface area contributed by atoms with Crippen molar-refractivity contribution in [1.29, 1.82) is 0 Å². The van der Waals surface area contributed by atoms with Crippen LogP contribution in [-0.2, 0) is 6.54 Å². The maximum atomic E-state index is 10.7. The predicted molar refractivity (Wildman–Crippen MR) is 77.9 cm³/mol. The number of nitrogens with one attached hydrogen (secondary N) is 1. The second-order valence-corrected chi connectivity index (χ2v) is 4.64. The molecule has 0 aromatic heterocycles. The predicted octanol–water partition coefficient (Wildman–Crippen LogP) is 2.98. The van der Waals surface area contributed by atoms with E-state index in [1.807, 2.05) is 18.2 Å². The zero-order chi connectivity index (χ0) is 14.7. The van der Waals surface area contributed by atoms with Crippen LogP contribution >= 0.6 is 0 Å². The largest absolute Gasteiger partial charge is 0.486 e. The lowest BCUT2D eigenvalue weighted by Gasteiger charge is -2.19. The molecule has 0 amide bonds. The van der Waals surface area contributed by atoms with Crippen LogP contribution in [0.5, 0.6) is 11.5 Å². The van der Waals surface area contributed by atoms with Gasteiger partial charge in [0, 0.05) is 24.4 Å². The molecule has 1 aliphatic rings. The molecule has 1 aliphatic heterocycles. The van der Waals surface area contributed by atoms with Crippen LogP contribution < -0.4 is 14.8 Å². The molecule has 0 saturated carbocycles. The highest BCUT2D eigenvalue weighted by Crippen LogP contribution is 2.31. The Morgan fingerprint density at radius 1 is 1.10 bits per heavy atom. The summed E-state index contributed by atoms with van der Waals surface area (Å²) in [4.78, 5) is 10.3. The van der Waals surface area contributed by atoms with Crippen LogP contribution in [0.15, 0.2) is 42.5 Å². The molecule has 21 heavy (non-hydrogen) atoms. The smallest absolute Gasteiger partial charge is 0.271 e. The van der Waals surface area contributed by atoms with Crippen LogP contribution in [-0.4, -0.2) is 18.1 Å². The van der Waals surface area contributed by atoms with E-state index in [0.717, 1.165) is 17.1 Å². The van der Waals surface area contributed by atoms with E-state index in [9.17, 15) is 10.1 Å². The summed E-state index contributed by atoms with van der Waals surface area (Å²) in [5, 5.41) is 13.9. The van der Waals surface area contributed by atoms with Crippen molar-refractivity contribution < 1.29 is 14.4 Å². The number of fused-ring (bicyclic) bond motifs is 1. The van der Waals surface area contributed by atoms with Gasteiger partial charge in [-0.05, 0) is 23.8 Å². The van der Waals surface area contributed by atoms with Gasteiger partial charge in [-0.1, -0.05) is 12.1 Å². The van der Waals surface area contributed by atoms with E-state index in [1.165, 1.54) is 12.1 Å². The summed E-state index contributed by atoms with van der Waals surface area (Å²) in [5.41, 5.74) is 1.80. The van der Waals surface area contributed by atoms with Gasteiger partial charge in [0.2, 0.25) is 0 Å². The highest BCUT2D eigenvalue weighted by atomic mass is 16.6. The molecule has 6 nitrogen and oxygen atoms in total. The third-order valence-electron chi connectivity index (χ3n) is 3.16. The highest BCUT2D eigenvalue weighted by Gasteiger charge is 2.11. The Morgan fingerprint density at radius 2 is 1.90 bits per heavy atom. The third-order valence-corrected chi connectivity index (χ3v) is 3.16. The van der Waals surface area contributed by atoms with Crippen molar-refractivity contribution in [2.24, 2.45) is 0 Å². The minimum atomic E-state index is -0.407. The lowest BCUT2D eigenvalue weighted by Crippen LogP contribution is -2.15. The molecule has 0 unspecified atom stereocenters. The van der Waals surface area contributed by atoms with Gasteiger partial charge in [0.25, 0.3) is 5.69 Å². The molecule has 0 fully saturated rings. The molecule has 6 heteroatoms. The molecule has 0 bridgehead atoms. The van der Waals surface area contributed by atoms with Gasteiger partial charge in [0.1, 0.15) is 13.2 Å². The number of hydrogen-bond donors (Lipinski definition) is 1. The molecule has 0 aliphatic carbocycles. The van der Waals surface area contributed by atoms with Gasteiger partial charge in [-0.3, -0.25) is 10.1 Å². The third kappa shape index (κ3) is 3.05. The minimum absolute atomic E-state index is 0.0715. The quantitative estimate of drug-likeness (QED) is 0.691. The van der Waals surface area contributed by atoms with E-state index in [1.54, 1.807) is 12.1 Å². The molecule has 0 saturated heterocycles. The van der Waals surface area contributed by atoms with Gasteiger partial charge in [-0.15, -0.1) is 0 Å². The van der Waals surface area contributed by atoms with Gasteiger partial charge in [-0.25, -0.2) is 0 Å². The van der Waals surface area contributed by atoms with Crippen molar-refractivity contribution in [1.82, 2.24) is 0 Å². The Kier molecular flexibility index (Phi) is 3.59. The molecule has 1 N–H and O–H groups in total. The fourth-order valence-corrected chi connectivity index (χ4v) is 2.13. The Labute approximate surface area is 121 Å². The van der Waals surface area contributed by atoms with Crippen LogP contribution in [0.3, 0.4) is 0 Å². The Morgan fingerprint density at radius 3 is 2.71 bits per heavy atom. The molecule has 3 rings (SSSR count). The normalized spacial score (nSPS) is 12.8. The van der Waals surface area contributed by atoms with E-state index in [4.69, 9.17) is 9.47 Å². The summed E-state index contributed by atoms with van der Waals surface area (Å²) in [7, 11) is 0. The van der Waals surface area contributed by atoms with Crippen molar-refractivity contribution in [2.75, 3.05) is 18.5 Å². The van der Waals surface area contributed by atoms with Crippen molar-refractivity contribution in [3.8, 4) is 11.5 Å². The Hall–Kier alpha value is -2.76. The average Bonchev–Trinajstić information content (AvgIpc) is 2.53. The lowest BCUT2D eigenvalue weighted by molar-refractivity contribution is -0.384. The number of non-ortho nitro benzene ring substituents is 1. The van der Waals surface area contributed by atoms with E-state index < -0.39 is 4.92 Å². The van der Waals surface area contributed by atoms with Crippen LogP contribution in [0.4, 0.5) is 11.4 Å². The zero-order valence-electron chi connectivity index (χ0n) is 11.2. The monoisotopic (exact) mass is 286 g/mol. The molecular weight excluding hydrogens is 272 g/mol. The summed E-state index contributed by atoms with van der Waals surface area (Å²) in [6.45, 7) is 1.67. The van der Waals surface area contributed by atoms with Gasteiger partial charge >= 0.3 is 0 Å². The standard InChI is InChI=1S/C15H14N2O4/c18-17(19)13-3-1-2-12(9-13)16-10-11-4-5-14-15(8-11)21-7-6-20-14/h1-5,8-9,16H,6-7,10H2. The summed E-state index contributed by atoms with van der Waals surface area (Å²) in [6.07, 6.45) is 0. The Balaban J connectivity index is 1.70. The first-order valence-corrected chi connectivity index (χ1v) is 6.59. The minimum Gasteiger partial charge on any atom is -0.486 e. The van der Waals surface area contributed by atoms with Gasteiger partial charge in [-0.2, -0.15) is 0 Å². The molecule has 0 radical (unpaired) electrons. The van der Waals surface area contributed by atoms with Crippen molar-refractivity contribution >= 4 is 11.4 Å². The second-order valence-electron chi connectivity index (χ2n) is 4.64. The molecular formula is C15H14N2O4. The van der Waals surface area contributed by atoms with Gasteiger partial charge in [0.15, 0.2) is 11.5 Å². The molecule has 2 aromatic carbocycles. The number of ether oxygens (including phenoxy) is 2. The molecule has 0 spiro atoms. The average molecular weight is 286 g/mol.